The first kappa shape index (κ1) is 17.5. The number of benzene rings is 2. The van der Waals surface area contributed by atoms with Crippen molar-refractivity contribution in [1.82, 2.24) is 0 Å². The molecule has 0 radical (unpaired) electrons. The highest BCUT2D eigenvalue weighted by Gasteiger charge is 2.52. The fourth-order valence-corrected chi connectivity index (χ4v) is 3.95. The van der Waals surface area contributed by atoms with Crippen LogP contribution in [0.4, 0.5) is 10.5 Å². The Balaban J connectivity index is 2.40. The first-order valence-corrected chi connectivity index (χ1v) is 9.40. The molecule has 1 aliphatic rings. The summed E-state index contributed by atoms with van der Waals surface area (Å²) in [5, 5.41) is 10.2. The fourth-order valence-electron chi connectivity index (χ4n) is 3.16. The van der Waals surface area contributed by atoms with E-state index in [2.05, 4.69) is 6.07 Å². The van der Waals surface area contributed by atoms with Gasteiger partial charge < -0.3 is 4.74 Å². The van der Waals surface area contributed by atoms with Gasteiger partial charge in [0.05, 0.1) is 16.5 Å². The van der Waals surface area contributed by atoms with Crippen molar-refractivity contribution in [3.8, 4) is 17.2 Å². The number of carbonyl (C=O) groups is 1. The molecule has 4 nitrogen and oxygen atoms in total. The van der Waals surface area contributed by atoms with Gasteiger partial charge in [-0.05, 0) is 24.8 Å². The molecule has 0 aliphatic carbocycles. The molecule has 1 aliphatic heterocycles. The van der Waals surface area contributed by atoms with Crippen LogP contribution >= 0.6 is 24.0 Å². The molecule has 3 rings (SSSR count). The summed E-state index contributed by atoms with van der Waals surface area (Å²) in [4.78, 5) is 14.2. The number of hydrogen-bond acceptors (Lipinski definition) is 5. The van der Waals surface area contributed by atoms with Gasteiger partial charge in [-0.1, -0.05) is 54.7 Å². The van der Waals surface area contributed by atoms with Crippen molar-refractivity contribution in [1.29, 1.82) is 5.26 Å². The average molecular weight is 368 g/mol. The Hall–Kier alpha value is -2.36. The summed E-state index contributed by atoms with van der Waals surface area (Å²) in [7, 11) is 0. The first-order chi connectivity index (χ1) is 12.1. The smallest absolute Gasteiger partial charge is 0.416 e. The van der Waals surface area contributed by atoms with Crippen molar-refractivity contribution in [2.45, 2.75) is 12.5 Å². The van der Waals surface area contributed by atoms with E-state index in [9.17, 15) is 10.1 Å². The van der Waals surface area contributed by atoms with Gasteiger partial charge in [-0.3, -0.25) is 0 Å². The van der Waals surface area contributed by atoms with E-state index < -0.39 is 11.6 Å². The second kappa shape index (κ2) is 6.87. The summed E-state index contributed by atoms with van der Waals surface area (Å²) in [6.07, 6.45) is 1.23. The van der Waals surface area contributed by atoms with E-state index in [1.807, 2.05) is 54.8 Å². The van der Waals surface area contributed by atoms with Crippen molar-refractivity contribution in [3.05, 3.63) is 54.1 Å². The van der Waals surface area contributed by atoms with Crippen LogP contribution in [0.2, 0.25) is 0 Å². The standard InChI is InChI=1S/C19H16N2O2S2/c1-3-23-18(22)21-16-11-7-5-9-14(16)13-8-4-6-10-15(13)19(21,12-20)17(24)25-2/h4-11H,3H2,1-2H3. The molecule has 6 heteroatoms. The summed E-state index contributed by atoms with van der Waals surface area (Å²) in [5.41, 5.74) is 1.70. The highest BCUT2D eigenvalue weighted by atomic mass is 32.2. The third-order valence-corrected chi connectivity index (χ3v) is 5.64. The van der Waals surface area contributed by atoms with E-state index in [-0.39, 0.29) is 6.61 Å². The molecule has 0 saturated heterocycles. The molecule has 25 heavy (non-hydrogen) atoms. The number of anilines is 1. The van der Waals surface area contributed by atoms with Crippen molar-refractivity contribution in [2.75, 3.05) is 17.8 Å². The van der Waals surface area contributed by atoms with E-state index in [1.54, 1.807) is 6.92 Å². The molecule has 2 aromatic rings. The van der Waals surface area contributed by atoms with Crippen LogP contribution in [-0.2, 0) is 10.3 Å². The SMILES string of the molecule is CCOC(=O)N1c2ccccc2-c2ccccc2C1(C#N)C(=S)SC. The fraction of sp³-hybridized carbons (Fsp3) is 0.211. The van der Waals surface area contributed by atoms with Gasteiger partial charge in [-0.15, -0.1) is 11.8 Å². The molecule has 0 fully saturated rings. The number of thiocarbonyl (C=S) groups is 1. The number of rotatable bonds is 2. The van der Waals surface area contributed by atoms with E-state index in [1.165, 1.54) is 16.7 Å². The normalized spacial score (nSPS) is 17.9. The molecule has 0 bridgehead atoms. The Labute approximate surface area is 156 Å². The minimum atomic E-state index is -1.40. The minimum absolute atomic E-state index is 0.215. The summed E-state index contributed by atoms with van der Waals surface area (Å²) in [6, 6.07) is 17.4. The van der Waals surface area contributed by atoms with Gasteiger partial charge in [0.1, 0.15) is 6.07 Å². The highest BCUT2D eigenvalue weighted by Crippen LogP contribution is 2.49. The van der Waals surface area contributed by atoms with Gasteiger partial charge in [-0.2, -0.15) is 5.26 Å². The molecule has 0 aromatic heterocycles. The Morgan fingerprint density at radius 3 is 2.52 bits per heavy atom. The number of nitrogens with zero attached hydrogens (tertiary/aromatic N) is 2. The minimum Gasteiger partial charge on any atom is -0.449 e. The van der Waals surface area contributed by atoms with Gasteiger partial charge in [0, 0.05) is 11.1 Å². The van der Waals surface area contributed by atoms with E-state index in [0.29, 0.717) is 15.4 Å². The summed E-state index contributed by atoms with van der Waals surface area (Å²) >= 11 is 6.86. The number of thioether (sulfide) groups is 1. The maximum Gasteiger partial charge on any atom is 0.416 e. The third kappa shape index (κ3) is 2.51. The van der Waals surface area contributed by atoms with Crippen LogP contribution in [0, 0.1) is 11.3 Å². The van der Waals surface area contributed by atoms with E-state index in [0.717, 1.165) is 11.1 Å². The lowest BCUT2D eigenvalue weighted by Crippen LogP contribution is -2.55. The molecular formula is C19H16N2O2S2. The third-order valence-electron chi connectivity index (χ3n) is 4.18. The lowest BCUT2D eigenvalue weighted by atomic mass is 9.80. The van der Waals surface area contributed by atoms with Gasteiger partial charge in [0.25, 0.3) is 0 Å². The zero-order valence-corrected chi connectivity index (χ0v) is 15.5. The maximum atomic E-state index is 12.8. The maximum absolute atomic E-state index is 12.8. The molecule has 0 N–H and O–H groups in total. The average Bonchev–Trinajstić information content (AvgIpc) is 2.66. The highest BCUT2D eigenvalue weighted by molar-refractivity contribution is 8.22. The van der Waals surface area contributed by atoms with Crippen LogP contribution in [0.1, 0.15) is 12.5 Å². The van der Waals surface area contributed by atoms with Crippen LogP contribution < -0.4 is 4.90 Å². The van der Waals surface area contributed by atoms with Crippen LogP contribution in [0.3, 0.4) is 0 Å². The lowest BCUT2D eigenvalue weighted by molar-refractivity contribution is 0.157. The Bertz CT molecular complexity index is 891. The first-order valence-electron chi connectivity index (χ1n) is 7.77. The van der Waals surface area contributed by atoms with Crippen LogP contribution in [0.15, 0.2) is 48.5 Å². The second-order valence-corrected chi connectivity index (χ2v) is 6.89. The van der Waals surface area contributed by atoms with Crippen LogP contribution in [0.25, 0.3) is 11.1 Å². The molecule has 1 heterocycles. The number of ether oxygens (including phenoxy) is 1. The van der Waals surface area contributed by atoms with Crippen molar-refractivity contribution in [3.63, 3.8) is 0 Å². The second-order valence-electron chi connectivity index (χ2n) is 5.41. The summed E-state index contributed by atoms with van der Waals surface area (Å²) in [5.74, 6) is 0. The van der Waals surface area contributed by atoms with Crippen molar-refractivity contribution < 1.29 is 9.53 Å². The van der Waals surface area contributed by atoms with E-state index >= 15 is 0 Å². The largest absolute Gasteiger partial charge is 0.449 e. The monoisotopic (exact) mass is 368 g/mol. The number of carbonyl (C=O) groups excluding carboxylic acids is 1. The molecule has 0 saturated carbocycles. The Kier molecular flexibility index (Phi) is 4.80. The number of amides is 1. The van der Waals surface area contributed by atoms with Gasteiger partial charge in [0.2, 0.25) is 5.54 Å². The Morgan fingerprint density at radius 1 is 1.24 bits per heavy atom. The summed E-state index contributed by atoms with van der Waals surface area (Å²) < 4.78 is 5.68. The van der Waals surface area contributed by atoms with E-state index in [4.69, 9.17) is 17.0 Å². The van der Waals surface area contributed by atoms with Crippen molar-refractivity contribution >= 4 is 40.0 Å². The topological polar surface area (TPSA) is 53.3 Å². The summed E-state index contributed by atoms with van der Waals surface area (Å²) in [6.45, 7) is 1.95. The molecule has 126 valence electrons. The molecule has 1 atom stereocenters. The zero-order valence-electron chi connectivity index (χ0n) is 13.9. The zero-order chi connectivity index (χ0) is 18.0. The number of hydrogen-bond donors (Lipinski definition) is 0. The molecular weight excluding hydrogens is 352 g/mol. The predicted molar refractivity (Wildman–Crippen MR) is 105 cm³/mol. The van der Waals surface area contributed by atoms with Gasteiger partial charge in [-0.25, -0.2) is 9.69 Å². The predicted octanol–water partition coefficient (Wildman–Crippen LogP) is 4.74. The van der Waals surface area contributed by atoms with Crippen LogP contribution in [-0.4, -0.2) is 23.2 Å². The van der Waals surface area contributed by atoms with Gasteiger partial charge in [0.15, 0.2) is 0 Å². The molecule has 2 aromatic carbocycles. The molecule has 1 amide bonds. The Morgan fingerprint density at radius 2 is 1.88 bits per heavy atom. The number of nitriles is 1. The lowest BCUT2D eigenvalue weighted by Gasteiger charge is -2.43. The van der Waals surface area contributed by atoms with Gasteiger partial charge >= 0.3 is 6.09 Å². The number of para-hydroxylation sites is 1. The molecule has 0 spiro atoms. The van der Waals surface area contributed by atoms with Crippen molar-refractivity contribution in [2.24, 2.45) is 0 Å². The molecule has 1 unspecified atom stereocenters. The van der Waals surface area contributed by atoms with Crippen LogP contribution in [0.5, 0.6) is 0 Å². The quantitative estimate of drug-likeness (QED) is 0.717. The number of fused-ring (bicyclic) bond motifs is 3.